The predicted molar refractivity (Wildman–Crippen MR) is 93.0 cm³/mol. The van der Waals surface area contributed by atoms with Gasteiger partial charge < -0.3 is 9.84 Å². The van der Waals surface area contributed by atoms with E-state index in [9.17, 15) is 4.79 Å². The molecule has 21 heavy (non-hydrogen) atoms. The van der Waals surface area contributed by atoms with Crippen molar-refractivity contribution < 1.29 is 14.6 Å². The number of rotatable bonds is 5. The summed E-state index contributed by atoms with van der Waals surface area (Å²) in [6, 6.07) is 10.8. The minimum Gasteiger partial charge on any atom is -0.493 e. The van der Waals surface area contributed by atoms with Gasteiger partial charge in [0.1, 0.15) is 5.75 Å². The van der Waals surface area contributed by atoms with Crippen molar-refractivity contribution in [2.45, 2.75) is 6.92 Å². The zero-order valence-corrected chi connectivity index (χ0v) is 14.3. The number of carboxylic acid groups (broad SMARTS) is 1. The molecule has 2 aromatic rings. The van der Waals surface area contributed by atoms with E-state index in [0.29, 0.717) is 6.61 Å². The molecule has 0 spiro atoms. The first kappa shape index (κ1) is 16.1. The molecule has 2 aromatic carbocycles. The third-order valence-electron chi connectivity index (χ3n) is 3.05. The van der Waals surface area contributed by atoms with Crippen LogP contribution in [0.1, 0.15) is 15.9 Å². The summed E-state index contributed by atoms with van der Waals surface area (Å²) in [4.78, 5) is 11.0. The van der Waals surface area contributed by atoms with Crippen molar-refractivity contribution in [3.63, 3.8) is 0 Å². The molecule has 5 heteroatoms. The molecular weight excluding hydrogens is 403 g/mol. The Balaban J connectivity index is 2.34. The number of carboxylic acids is 1. The number of aryl methyl sites for hydroxylation is 1. The maximum absolute atomic E-state index is 11.0. The van der Waals surface area contributed by atoms with Gasteiger partial charge in [0, 0.05) is 4.43 Å². The van der Waals surface area contributed by atoms with Crippen LogP contribution < -0.4 is 4.74 Å². The summed E-state index contributed by atoms with van der Waals surface area (Å²) < 4.78 is 6.53. The predicted octanol–water partition coefficient (Wildman–Crippen LogP) is 4.83. The van der Waals surface area contributed by atoms with Crippen LogP contribution in [0.15, 0.2) is 36.4 Å². The van der Waals surface area contributed by atoms with Crippen LogP contribution in [0.5, 0.6) is 5.75 Å². The molecule has 0 heterocycles. The Morgan fingerprint density at radius 1 is 1.29 bits per heavy atom. The number of aromatic carboxylic acids is 1. The molecular formula is C16H14ClIO3. The number of benzene rings is 2. The fraction of sp³-hybridized carbons (Fsp3) is 0.188. The van der Waals surface area contributed by atoms with Crippen molar-refractivity contribution in [3.8, 4) is 16.9 Å². The first-order valence-electron chi connectivity index (χ1n) is 6.35. The van der Waals surface area contributed by atoms with E-state index in [0.717, 1.165) is 26.9 Å². The highest BCUT2D eigenvalue weighted by Gasteiger charge is 2.11. The van der Waals surface area contributed by atoms with E-state index in [1.54, 1.807) is 12.1 Å². The zero-order chi connectivity index (χ0) is 15.4. The highest BCUT2D eigenvalue weighted by atomic mass is 127. The average Bonchev–Trinajstić information content (AvgIpc) is 2.44. The maximum atomic E-state index is 11.0. The molecule has 3 nitrogen and oxygen atoms in total. The molecule has 0 aliphatic rings. The van der Waals surface area contributed by atoms with Gasteiger partial charge in [-0.3, -0.25) is 0 Å². The van der Waals surface area contributed by atoms with Gasteiger partial charge in [-0.25, -0.2) is 4.79 Å². The van der Waals surface area contributed by atoms with Crippen molar-refractivity contribution >= 4 is 40.2 Å². The minimum atomic E-state index is -1.02. The van der Waals surface area contributed by atoms with E-state index in [1.807, 2.05) is 25.1 Å². The molecule has 110 valence electrons. The topological polar surface area (TPSA) is 46.5 Å². The molecule has 0 radical (unpaired) electrons. The van der Waals surface area contributed by atoms with Crippen molar-refractivity contribution in [2.24, 2.45) is 0 Å². The Labute approximate surface area is 142 Å². The minimum absolute atomic E-state index is 0.111. The summed E-state index contributed by atoms with van der Waals surface area (Å²) in [7, 11) is 0. The number of carbonyl (C=O) groups is 1. The second kappa shape index (κ2) is 7.13. The molecule has 0 amide bonds. The lowest BCUT2D eigenvalue weighted by molar-refractivity contribution is 0.0697. The Morgan fingerprint density at radius 2 is 2.05 bits per heavy atom. The van der Waals surface area contributed by atoms with Crippen molar-refractivity contribution in [1.29, 1.82) is 0 Å². The molecule has 0 saturated heterocycles. The van der Waals surface area contributed by atoms with Crippen LogP contribution in [-0.2, 0) is 0 Å². The maximum Gasteiger partial charge on any atom is 0.337 e. The molecule has 0 aromatic heterocycles. The van der Waals surface area contributed by atoms with Gasteiger partial charge in [-0.2, -0.15) is 0 Å². The smallest absolute Gasteiger partial charge is 0.337 e. The van der Waals surface area contributed by atoms with Crippen LogP contribution in [-0.4, -0.2) is 22.1 Å². The van der Waals surface area contributed by atoms with Gasteiger partial charge in [-0.15, -0.1) is 0 Å². The Morgan fingerprint density at radius 3 is 2.62 bits per heavy atom. The van der Waals surface area contributed by atoms with Gasteiger partial charge in [0.2, 0.25) is 0 Å². The molecule has 0 atom stereocenters. The lowest BCUT2D eigenvalue weighted by atomic mass is 9.99. The van der Waals surface area contributed by atoms with Gasteiger partial charge in [0.25, 0.3) is 0 Å². The van der Waals surface area contributed by atoms with E-state index in [2.05, 4.69) is 22.6 Å². The number of halogens is 2. The Kier molecular flexibility index (Phi) is 5.47. The van der Waals surface area contributed by atoms with Gasteiger partial charge in [-0.1, -0.05) is 46.3 Å². The summed E-state index contributed by atoms with van der Waals surface area (Å²) in [5.41, 5.74) is 3.07. The standard InChI is InChI=1S/C16H14ClIO3/c1-10-8-12(21-7-6-18)3-5-13(10)11-2-4-14(16(19)20)15(17)9-11/h2-5,8-9H,6-7H2,1H3,(H,19,20). The van der Waals surface area contributed by atoms with Gasteiger partial charge in [0.15, 0.2) is 0 Å². The van der Waals surface area contributed by atoms with E-state index < -0.39 is 5.97 Å². The van der Waals surface area contributed by atoms with Crippen LogP contribution in [0.4, 0.5) is 0 Å². The number of ether oxygens (including phenoxy) is 1. The van der Waals surface area contributed by atoms with E-state index >= 15 is 0 Å². The van der Waals surface area contributed by atoms with E-state index in [1.165, 1.54) is 6.07 Å². The van der Waals surface area contributed by atoms with Gasteiger partial charge in [-0.05, 0) is 47.9 Å². The monoisotopic (exact) mass is 416 g/mol. The normalized spacial score (nSPS) is 10.4. The third kappa shape index (κ3) is 3.89. The van der Waals surface area contributed by atoms with Crippen LogP contribution in [0.25, 0.3) is 11.1 Å². The van der Waals surface area contributed by atoms with Gasteiger partial charge >= 0.3 is 5.97 Å². The Bertz CT molecular complexity index is 671. The Hall–Kier alpha value is -1.27. The summed E-state index contributed by atoms with van der Waals surface area (Å²) in [5.74, 6) is -0.188. The molecule has 2 rings (SSSR count). The van der Waals surface area contributed by atoms with E-state index in [4.69, 9.17) is 21.4 Å². The first-order valence-corrected chi connectivity index (χ1v) is 8.26. The van der Waals surface area contributed by atoms with E-state index in [-0.39, 0.29) is 10.6 Å². The molecule has 0 bridgehead atoms. The fourth-order valence-corrected chi connectivity index (χ4v) is 2.54. The third-order valence-corrected chi connectivity index (χ3v) is 3.81. The van der Waals surface area contributed by atoms with Crippen LogP contribution >= 0.6 is 34.2 Å². The summed E-state index contributed by atoms with van der Waals surface area (Å²) >= 11 is 8.28. The molecule has 0 aliphatic heterocycles. The van der Waals surface area contributed by atoms with Crippen molar-refractivity contribution in [1.82, 2.24) is 0 Å². The lowest BCUT2D eigenvalue weighted by Gasteiger charge is -2.11. The molecule has 0 unspecified atom stereocenters. The molecule has 1 N–H and O–H groups in total. The second-order valence-corrected chi connectivity index (χ2v) is 6.00. The van der Waals surface area contributed by atoms with Crippen LogP contribution in [0.3, 0.4) is 0 Å². The molecule has 0 aliphatic carbocycles. The SMILES string of the molecule is Cc1cc(OCCI)ccc1-c1ccc(C(=O)O)c(Cl)c1. The fourth-order valence-electron chi connectivity index (χ4n) is 2.06. The van der Waals surface area contributed by atoms with Crippen LogP contribution in [0.2, 0.25) is 5.02 Å². The largest absolute Gasteiger partial charge is 0.493 e. The summed E-state index contributed by atoms with van der Waals surface area (Å²) in [5, 5.41) is 9.24. The van der Waals surface area contributed by atoms with Crippen LogP contribution in [0, 0.1) is 6.92 Å². The number of hydrogen-bond donors (Lipinski definition) is 1. The highest BCUT2D eigenvalue weighted by Crippen LogP contribution is 2.30. The highest BCUT2D eigenvalue weighted by molar-refractivity contribution is 14.1. The van der Waals surface area contributed by atoms with Gasteiger partial charge in [0.05, 0.1) is 17.2 Å². The summed E-state index contributed by atoms with van der Waals surface area (Å²) in [6.45, 7) is 2.67. The van der Waals surface area contributed by atoms with Crippen molar-refractivity contribution in [2.75, 3.05) is 11.0 Å². The second-order valence-electron chi connectivity index (χ2n) is 4.51. The number of hydrogen-bond acceptors (Lipinski definition) is 2. The molecule has 0 fully saturated rings. The quantitative estimate of drug-likeness (QED) is 0.561. The lowest BCUT2D eigenvalue weighted by Crippen LogP contribution is -1.99. The first-order chi connectivity index (χ1) is 10.0. The molecule has 0 saturated carbocycles. The zero-order valence-electron chi connectivity index (χ0n) is 11.4. The average molecular weight is 417 g/mol. The van der Waals surface area contributed by atoms with Crippen molar-refractivity contribution in [3.05, 3.63) is 52.5 Å². The summed E-state index contributed by atoms with van der Waals surface area (Å²) in [6.07, 6.45) is 0. The number of alkyl halides is 1.